The minimum atomic E-state index is -0.293. The fraction of sp³-hybridized carbons (Fsp3) is 0.387. The molecule has 0 spiro atoms. The van der Waals surface area contributed by atoms with Crippen LogP contribution in [0.3, 0.4) is 0 Å². The molecule has 4 rings (SSSR count). The van der Waals surface area contributed by atoms with Gasteiger partial charge in [-0.15, -0.1) is 0 Å². The van der Waals surface area contributed by atoms with Gasteiger partial charge in [0.05, 0.1) is 5.54 Å². The zero-order chi connectivity index (χ0) is 25.5. The standard InChI is InChI=1S/C31H39N3O2/c1-22(2)25-14-10-15-26(23(3)4)29(25)33-30(35)32-21-31(17-19-36-20-18-31)34-28-16-9-8-13-27(28)24-11-6-5-7-12-24/h5-16,22-23,34H,17-21H2,1-4H3,(H2,32,33,35). The molecule has 1 heterocycles. The van der Waals surface area contributed by atoms with Crippen LogP contribution in [0.5, 0.6) is 0 Å². The summed E-state index contributed by atoms with van der Waals surface area (Å²) in [5.74, 6) is 0.633. The topological polar surface area (TPSA) is 62.4 Å². The summed E-state index contributed by atoms with van der Waals surface area (Å²) in [6, 6.07) is 24.9. The molecule has 1 aliphatic rings. The molecule has 5 nitrogen and oxygen atoms in total. The number of anilines is 2. The van der Waals surface area contributed by atoms with E-state index in [1.807, 2.05) is 6.07 Å². The van der Waals surface area contributed by atoms with Gasteiger partial charge in [-0.1, -0.05) is 94.4 Å². The van der Waals surface area contributed by atoms with Crippen LogP contribution < -0.4 is 16.0 Å². The first kappa shape index (κ1) is 25.8. The average Bonchev–Trinajstić information content (AvgIpc) is 2.89. The van der Waals surface area contributed by atoms with Crippen LogP contribution in [0.15, 0.2) is 72.8 Å². The molecule has 2 amide bonds. The van der Waals surface area contributed by atoms with E-state index in [4.69, 9.17) is 4.74 Å². The van der Waals surface area contributed by atoms with Crippen LogP contribution in [0.25, 0.3) is 11.1 Å². The summed E-state index contributed by atoms with van der Waals surface area (Å²) in [5, 5.41) is 10.2. The summed E-state index contributed by atoms with van der Waals surface area (Å²) in [5.41, 5.74) is 6.35. The lowest BCUT2D eigenvalue weighted by Crippen LogP contribution is -2.53. The number of carbonyl (C=O) groups excluding carboxylic acids is 1. The Kier molecular flexibility index (Phi) is 8.32. The Morgan fingerprint density at radius 1 is 0.833 bits per heavy atom. The zero-order valence-corrected chi connectivity index (χ0v) is 21.9. The van der Waals surface area contributed by atoms with E-state index in [2.05, 4.69) is 110 Å². The summed E-state index contributed by atoms with van der Waals surface area (Å²) < 4.78 is 5.70. The maximum Gasteiger partial charge on any atom is 0.319 e. The molecular weight excluding hydrogens is 446 g/mol. The maximum atomic E-state index is 13.2. The molecule has 1 fully saturated rings. The average molecular weight is 486 g/mol. The molecule has 36 heavy (non-hydrogen) atoms. The Balaban J connectivity index is 1.53. The summed E-state index contributed by atoms with van der Waals surface area (Å²) >= 11 is 0. The quantitative estimate of drug-likeness (QED) is 0.312. The molecule has 1 aliphatic heterocycles. The SMILES string of the molecule is CC(C)c1cccc(C(C)C)c1NC(=O)NCC1(Nc2ccccc2-c2ccccc2)CCOCC1. The lowest BCUT2D eigenvalue weighted by Gasteiger charge is -2.39. The van der Waals surface area contributed by atoms with Crippen molar-refractivity contribution in [1.29, 1.82) is 0 Å². The first-order chi connectivity index (χ1) is 17.4. The minimum Gasteiger partial charge on any atom is -0.381 e. The molecule has 3 N–H and O–H groups in total. The van der Waals surface area contributed by atoms with Gasteiger partial charge in [0.15, 0.2) is 0 Å². The molecule has 0 aromatic heterocycles. The fourth-order valence-corrected chi connectivity index (χ4v) is 4.96. The van der Waals surface area contributed by atoms with E-state index in [1.165, 1.54) is 5.56 Å². The number of para-hydroxylation sites is 2. The van der Waals surface area contributed by atoms with E-state index in [0.29, 0.717) is 31.6 Å². The van der Waals surface area contributed by atoms with E-state index in [9.17, 15) is 4.79 Å². The molecule has 1 saturated heterocycles. The third kappa shape index (κ3) is 6.08. The summed E-state index contributed by atoms with van der Waals surface area (Å²) in [4.78, 5) is 13.2. The zero-order valence-electron chi connectivity index (χ0n) is 21.9. The third-order valence-corrected chi connectivity index (χ3v) is 7.06. The van der Waals surface area contributed by atoms with Crippen LogP contribution in [0.4, 0.5) is 16.2 Å². The van der Waals surface area contributed by atoms with Crippen LogP contribution in [-0.2, 0) is 4.74 Å². The molecule has 0 saturated carbocycles. The van der Waals surface area contributed by atoms with Crippen LogP contribution in [0.2, 0.25) is 0 Å². The van der Waals surface area contributed by atoms with Crippen LogP contribution in [0.1, 0.15) is 63.5 Å². The Morgan fingerprint density at radius 3 is 2.08 bits per heavy atom. The van der Waals surface area contributed by atoms with Gasteiger partial charge >= 0.3 is 6.03 Å². The smallest absolute Gasteiger partial charge is 0.319 e. The van der Waals surface area contributed by atoms with Crippen molar-refractivity contribution in [3.63, 3.8) is 0 Å². The fourth-order valence-electron chi connectivity index (χ4n) is 4.96. The van der Waals surface area contributed by atoms with Gasteiger partial charge in [-0.3, -0.25) is 0 Å². The highest BCUT2D eigenvalue weighted by atomic mass is 16.5. The Morgan fingerprint density at radius 2 is 1.44 bits per heavy atom. The number of hydrogen-bond acceptors (Lipinski definition) is 3. The maximum absolute atomic E-state index is 13.2. The van der Waals surface area contributed by atoms with Gasteiger partial charge in [0.25, 0.3) is 0 Å². The van der Waals surface area contributed by atoms with Gasteiger partial charge in [0.1, 0.15) is 0 Å². The van der Waals surface area contributed by atoms with Gasteiger partial charge in [-0.25, -0.2) is 4.79 Å². The molecular formula is C31H39N3O2. The lowest BCUT2D eigenvalue weighted by molar-refractivity contribution is 0.0609. The number of amides is 2. The number of ether oxygens (including phenoxy) is 1. The molecule has 3 aromatic carbocycles. The molecule has 0 radical (unpaired) electrons. The van der Waals surface area contributed by atoms with E-state index in [1.54, 1.807) is 0 Å². The normalized spacial score (nSPS) is 15.1. The highest BCUT2D eigenvalue weighted by Crippen LogP contribution is 2.34. The predicted molar refractivity (Wildman–Crippen MR) is 150 cm³/mol. The first-order valence-corrected chi connectivity index (χ1v) is 13.1. The third-order valence-electron chi connectivity index (χ3n) is 7.06. The molecule has 3 aromatic rings. The number of benzene rings is 3. The predicted octanol–water partition coefficient (Wildman–Crippen LogP) is 7.38. The Bertz CT molecular complexity index is 1130. The van der Waals surface area contributed by atoms with E-state index >= 15 is 0 Å². The number of urea groups is 1. The van der Waals surface area contributed by atoms with Gasteiger partial charge in [-0.05, 0) is 47.4 Å². The largest absolute Gasteiger partial charge is 0.381 e. The van der Waals surface area contributed by atoms with Crippen LogP contribution >= 0.6 is 0 Å². The van der Waals surface area contributed by atoms with Crippen molar-refractivity contribution in [2.75, 3.05) is 30.4 Å². The summed E-state index contributed by atoms with van der Waals surface area (Å²) in [7, 11) is 0. The van der Waals surface area contributed by atoms with Gasteiger partial charge < -0.3 is 20.7 Å². The monoisotopic (exact) mass is 485 g/mol. The van der Waals surface area contributed by atoms with E-state index in [0.717, 1.165) is 40.9 Å². The number of rotatable bonds is 8. The van der Waals surface area contributed by atoms with Crippen LogP contribution in [0, 0.1) is 0 Å². The van der Waals surface area contributed by atoms with Crippen molar-refractivity contribution in [3.8, 4) is 11.1 Å². The minimum absolute atomic E-state index is 0.172. The van der Waals surface area contributed by atoms with Crippen molar-refractivity contribution in [3.05, 3.63) is 83.9 Å². The summed E-state index contributed by atoms with van der Waals surface area (Å²) in [6.45, 7) is 10.5. The Labute approximate surface area is 215 Å². The second-order valence-corrected chi connectivity index (χ2v) is 10.4. The number of nitrogens with one attached hydrogen (secondary N) is 3. The van der Waals surface area contributed by atoms with E-state index in [-0.39, 0.29) is 11.6 Å². The lowest BCUT2D eigenvalue weighted by atomic mass is 9.88. The molecule has 0 atom stereocenters. The Hall–Kier alpha value is -3.31. The van der Waals surface area contributed by atoms with Crippen molar-refractivity contribution in [2.45, 2.75) is 57.9 Å². The highest BCUT2D eigenvalue weighted by molar-refractivity contribution is 5.91. The number of carbonyl (C=O) groups is 1. The van der Waals surface area contributed by atoms with E-state index < -0.39 is 0 Å². The molecule has 190 valence electrons. The highest BCUT2D eigenvalue weighted by Gasteiger charge is 2.33. The van der Waals surface area contributed by atoms with Gasteiger partial charge in [0.2, 0.25) is 0 Å². The second-order valence-electron chi connectivity index (χ2n) is 10.4. The summed E-state index contributed by atoms with van der Waals surface area (Å²) in [6.07, 6.45) is 1.63. The molecule has 0 bridgehead atoms. The molecule has 0 unspecified atom stereocenters. The van der Waals surface area contributed by atoms with Crippen molar-refractivity contribution in [2.24, 2.45) is 0 Å². The van der Waals surface area contributed by atoms with Gasteiger partial charge in [-0.2, -0.15) is 0 Å². The second kappa shape index (κ2) is 11.6. The van der Waals surface area contributed by atoms with Crippen LogP contribution in [-0.4, -0.2) is 31.3 Å². The number of hydrogen-bond donors (Lipinski definition) is 3. The molecule has 5 heteroatoms. The van der Waals surface area contributed by atoms with Crippen molar-refractivity contribution < 1.29 is 9.53 Å². The van der Waals surface area contributed by atoms with Crippen molar-refractivity contribution >= 4 is 17.4 Å². The first-order valence-electron chi connectivity index (χ1n) is 13.1. The van der Waals surface area contributed by atoms with Gasteiger partial charge in [0, 0.05) is 36.7 Å². The van der Waals surface area contributed by atoms with Crippen molar-refractivity contribution in [1.82, 2.24) is 5.32 Å². The molecule has 0 aliphatic carbocycles.